The Morgan fingerprint density at radius 1 is 1.21 bits per heavy atom. The number of benzene rings is 2. The van der Waals surface area contributed by atoms with Crippen molar-refractivity contribution in [2.45, 2.75) is 19.1 Å². The van der Waals surface area contributed by atoms with Crippen LogP contribution in [0, 0.1) is 11.7 Å². The fourth-order valence-corrected chi connectivity index (χ4v) is 5.00. The first-order chi connectivity index (χ1) is 14.2. The highest BCUT2D eigenvalue weighted by molar-refractivity contribution is 7.18. The molecule has 0 amide bonds. The number of halogens is 1. The van der Waals surface area contributed by atoms with E-state index in [-0.39, 0.29) is 18.3 Å². The van der Waals surface area contributed by atoms with Crippen molar-refractivity contribution in [3.05, 3.63) is 69.4 Å². The lowest BCUT2D eigenvalue weighted by Crippen LogP contribution is -2.27. The summed E-state index contributed by atoms with van der Waals surface area (Å²) in [6.07, 6.45) is 1.80. The Hall–Kier alpha value is -2.55. The van der Waals surface area contributed by atoms with Gasteiger partial charge < -0.3 is 14.6 Å². The Balaban J connectivity index is 1.31. The Labute approximate surface area is 174 Å². The molecule has 148 valence electrons. The Morgan fingerprint density at radius 3 is 3.00 bits per heavy atom. The van der Waals surface area contributed by atoms with Crippen LogP contribution in [-0.2, 0) is 13.0 Å². The summed E-state index contributed by atoms with van der Waals surface area (Å²) in [7, 11) is 0. The van der Waals surface area contributed by atoms with Gasteiger partial charge in [-0.25, -0.2) is 14.4 Å². The molecule has 1 N–H and O–H groups in total. The van der Waals surface area contributed by atoms with E-state index < -0.39 is 6.10 Å². The van der Waals surface area contributed by atoms with Crippen molar-refractivity contribution in [2.75, 3.05) is 6.61 Å². The van der Waals surface area contributed by atoms with Crippen LogP contribution in [0.1, 0.15) is 21.7 Å². The molecule has 3 heterocycles. The summed E-state index contributed by atoms with van der Waals surface area (Å²) in [5, 5.41) is 14.5. The Bertz CT molecular complexity index is 1150. The van der Waals surface area contributed by atoms with Gasteiger partial charge in [0, 0.05) is 35.5 Å². The zero-order chi connectivity index (χ0) is 19.8. The molecule has 0 unspecified atom stereocenters. The second-order valence-corrected chi connectivity index (χ2v) is 8.95. The van der Waals surface area contributed by atoms with Crippen LogP contribution in [0.2, 0.25) is 0 Å². The molecule has 0 aliphatic carbocycles. The molecule has 4 aromatic rings. The van der Waals surface area contributed by atoms with Gasteiger partial charge in [-0.1, -0.05) is 0 Å². The fourth-order valence-electron chi connectivity index (χ4n) is 3.42. The summed E-state index contributed by atoms with van der Waals surface area (Å²) in [5.41, 5.74) is 1.36. The van der Waals surface area contributed by atoms with Crippen LogP contribution in [0.25, 0.3) is 10.2 Å². The first-order valence-electron chi connectivity index (χ1n) is 9.16. The third kappa shape index (κ3) is 3.83. The number of thiazole rings is 2. The summed E-state index contributed by atoms with van der Waals surface area (Å²) in [4.78, 5) is 8.72. The maximum Gasteiger partial charge on any atom is 0.140 e. The van der Waals surface area contributed by atoms with E-state index in [1.54, 1.807) is 23.6 Å². The van der Waals surface area contributed by atoms with Gasteiger partial charge in [0.2, 0.25) is 0 Å². The van der Waals surface area contributed by atoms with Gasteiger partial charge in [0.1, 0.15) is 28.9 Å². The van der Waals surface area contributed by atoms with Crippen LogP contribution in [0.4, 0.5) is 4.39 Å². The minimum absolute atomic E-state index is 0.0527. The van der Waals surface area contributed by atoms with E-state index in [1.165, 1.54) is 23.5 Å². The van der Waals surface area contributed by atoms with Crippen molar-refractivity contribution in [3.63, 3.8) is 0 Å². The number of aliphatic hydroxyl groups is 1. The molecule has 29 heavy (non-hydrogen) atoms. The highest BCUT2D eigenvalue weighted by atomic mass is 32.1. The Kier molecular flexibility index (Phi) is 4.91. The number of ether oxygens (including phenoxy) is 2. The van der Waals surface area contributed by atoms with E-state index >= 15 is 0 Å². The number of rotatable bonds is 5. The second kappa shape index (κ2) is 7.70. The minimum atomic E-state index is -0.642. The predicted octanol–water partition coefficient (Wildman–Crippen LogP) is 4.76. The topological polar surface area (TPSA) is 64.5 Å². The van der Waals surface area contributed by atoms with Gasteiger partial charge in [-0.15, -0.1) is 22.7 Å². The third-order valence-electron chi connectivity index (χ3n) is 4.88. The molecular formula is C21H17FN2O3S2. The summed E-state index contributed by atoms with van der Waals surface area (Å²) in [6, 6.07) is 10.0. The molecule has 5 nitrogen and oxygen atoms in total. The maximum atomic E-state index is 13.3. The maximum absolute atomic E-state index is 13.3. The van der Waals surface area contributed by atoms with Crippen molar-refractivity contribution in [1.82, 2.24) is 9.97 Å². The normalized spacial score (nSPS) is 18.4. The van der Waals surface area contributed by atoms with E-state index in [9.17, 15) is 9.50 Å². The van der Waals surface area contributed by atoms with Gasteiger partial charge in [0.25, 0.3) is 0 Å². The zero-order valence-corrected chi connectivity index (χ0v) is 16.9. The molecule has 0 saturated carbocycles. The SMILES string of the molecule is O[C@@H]1c2cc(OCc3nc4cc(F)ccc4s3)ccc2OC[C@H]1Cc1nccs1. The molecule has 0 saturated heterocycles. The van der Waals surface area contributed by atoms with Crippen LogP contribution in [0.5, 0.6) is 11.5 Å². The third-order valence-corrected chi connectivity index (χ3v) is 6.69. The highest BCUT2D eigenvalue weighted by Crippen LogP contribution is 2.39. The van der Waals surface area contributed by atoms with E-state index in [4.69, 9.17) is 9.47 Å². The van der Waals surface area contributed by atoms with Crippen LogP contribution in [0.15, 0.2) is 48.0 Å². The van der Waals surface area contributed by atoms with Gasteiger partial charge in [-0.05, 0) is 30.3 Å². The summed E-state index contributed by atoms with van der Waals surface area (Å²) in [6.45, 7) is 0.732. The standard InChI is InChI=1S/C21H17FN2O3S2/c22-13-1-4-18-16(8-13)24-20(29-18)11-26-14-2-3-17-15(9-14)21(25)12(10-27-17)7-19-23-5-6-28-19/h1-6,8-9,12,21,25H,7,10-11H2/t12-,21+/m1/s1. The van der Waals surface area contributed by atoms with Crippen molar-refractivity contribution in [1.29, 1.82) is 0 Å². The summed E-state index contributed by atoms with van der Waals surface area (Å²) in [5.74, 6) is 0.955. The first kappa shape index (κ1) is 18.5. The molecule has 0 bridgehead atoms. The average molecular weight is 429 g/mol. The quantitative estimate of drug-likeness (QED) is 0.497. The summed E-state index contributed by atoms with van der Waals surface area (Å²) < 4.78 is 26.0. The van der Waals surface area contributed by atoms with Crippen LogP contribution >= 0.6 is 22.7 Å². The molecule has 1 aliphatic rings. The number of hydrogen-bond acceptors (Lipinski definition) is 7. The fraction of sp³-hybridized carbons (Fsp3) is 0.238. The van der Waals surface area contributed by atoms with E-state index in [0.29, 0.717) is 30.0 Å². The van der Waals surface area contributed by atoms with Gasteiger partial charge in [0.05, 0.1) is 27.9 Å². The van der Waals surface area contributed by atoms with Gasteiger partial charge in [-0.2, -0.15) is 0 Å². The number of aliphatic hydroxyl groups excluding tert-OH is 1. The van der Waals surface area contributed by atoms with E-state index in [2.05, 4.69) is 9.97 Å². The molecule has 5 rings (SSSR count). The van der Waals surface area contributed by atoms with Crippen LogP contribution in [0.3, 0.4) is 0 Å². The van der Waals surface area contributed by atoms with Crippen molar-refractivity contribution >= 4 is 32.9 Å². The lowest BCUT2D eigenvalue weighted by molar-refractivity contribution is 0.0504. The van der Waals surface area contributed by atoms with Crippen LogP contribution in [-0.4, -0.2) is 21.7 Å². The Morgan fingerprint density at radius 2 is 2.14 bits per heavy atom. The molecule has 2 aromatic heterocycles. The second-order valence-electron chi connectivity index (χ2n) is 6.85. The predicted molar refractivity (Wildman–Crippen MR) is 110 cm³/mol. The molecule has 0 radical (unpaired) electrons. The number of aromatic nitrogens is 2. The molecule has 1 aliphatic heterocycles. The monoisotopic (exact) mass is 428 g/mol. The van der Waals surface area contributed by atoms with Crippen LogP contribution < -0.4 is 9.47 Å². The van der Waals surface area contributed by atoms with Gasteiger partial charge in [0.15, 0.2) is 0 Å². The van der Waals surface area contributed by atoms with E-state index in [0.717, 1.165) is 20.3 Å². The molecule has 0 fully saturated rings. The number of fused-ring (bicyclic) bond motifs is 2. The van der Waals surface area contributed by atoms with Crippen molar-refractivity contribution in [3.8, 4) is 11.5 Å². The number of nitrogens with zero attached hydrogens (tertiary/aromatic N) is 2. The molecule has 8 heteroatoms. The van der Waals surface area contributed by atoms with Crippen molar-refractivity contribution < 1.29 is 19.0 Å². The largest absolute Gasteiger partial charge is 0.493 e. The molecular weight excluding hydrogens is 411 g/mol. The van der Waals surface area contributed by atoms with Gasteiger partial charge >= 0.3 is 0 Å². The zero-order valence-electron chi connectivity index (χ0n) is 15.2. The van der Waals surface area contributed by atoms with Gasteiger partial charge in [-0.3, -0.25) is 0 Å². The first-order valence-corrected chi connectivity index (χ1v) is 10.9. The number of hydrogen-bond donors (Lipinski definition) is 1. The summed E-state index contributed by atoms with van der Waals surface area (Å²) >= 11 is 3.05. The van der Waals surface area contributed by atoms with Crippen molar-refractivity contribution in [2.24, 2.45) is 5.92 Å². The van der Waals surface area contributed by atoms with E-state index in [1.807, 2.05) is 23.6 Å². The highest BCUT2D eigenvalue weighted by Gasteiger charge is 2.30. The molecule has 2 atom stereocenters. The molecule has 2 aromatic carbocycles. The smallest absolute Gasteiger partial charge is 0.140 e. The molecule has 0 spiro atoms. The average Bonchev–Trinajstić information content (AvgIpc) is 3.38. The minimum Gasteiger partial charge on any atom is -0.493 e. The lowest BCUT2D eigenvalue weighted by atomic mass is 9.91. The lowest BCUT2D eigenvalue weighted by Gasteiger charge is -2.30.